The zero-order valence-corrected chi connectivity index (χ0v) is 11.9. The number of amides is 1. The molecule has 1 aromatic rings. The van der Waals surface area contributed by atoms with Gasteiger partial charge in [0.1, 0.15) is 0 Å². The largest absolute Gasteiger partial charge is 0.350 e. The van der Waals surface area contributed by atoms with E-state index in [1.165, 1.54) is 12.1 Å². The van der Waals surface area contributed by atoms with Gasteiger partial charge in [-0.15, -0.1) is 12.4 Å². The summed E-state index contributed by atoms with van der Waals surface area (Å²) in [5.74, 6) is -0.352. The number of halogens is 1. The molecular formula is C12H18ClN3O3. The molecule has 0 heterocycles. The second-order valence-electron chi connectivity index (χ2n) is 4.88. The van der Waals surface area contributed by atoms with Gasteiger partial charge in [-0.3, -0.25) is 14.9 Å². The number of rotatable bonds is 4. The van der Waals surface area contributed by atoms with E-state index in [0.29, 0.717) is 17.7 Å². The molecule has 0 radical (unpaired) electrons. The summed E-state index contributed by atoms with van der Waals surface area (Å²) >= 11 is 0. The number of hydrogen-bond donors (Lipinski definition) is 2. The molecular weight excluding hydrogens is 270 g/mol. The maximum Gasteiger partial charge on any atom is 0.273 e. The van der Waals surface area contributed by atoms with Crippen LogP contribution in [0.3, 0.4) is 0 Å². The van der Waals surface area contributed by atoms with E-state index in [4.69, 9.17) is 5.73 Å². The highest BCUT2D eigenvalue weighted by atomic mass is 35.5. The normalized spacial score (nSPS) is 10.5. The fourth-order valence-corrected chi connectivity index (χ4v) is 1.47. The van der Waals surface area contributed by atoms with E-state index in [1.807, 2.05) is 0 Å². The molecule has 0 fully saturated rings. The van der Waals surface area contributed by atoms with Crippen LogP contribution in [-0.4, -0.2) is 22.9 Å². The number of nitro benzene ring substituents is 1. The summed E-state index contributed by atoms with van der Waals surface area (Å²) < 4.78 is 0. The van der Waals surface area contributed by atoms with E-state index in [0.717, 1.165) is 0 Å². The van der Waals surface area contributed by atoms with Crippen LogP contribution in [0.2, 0.25) is 0 Å². The van der Waals surface area contributed by atoms with Gasteiger partial charge in [0.05, 0.1) is 4.92 Å². The molecule has 0 unspecified atom stereocenters. The van der Waals surface area contributed by atoms with Crippen LogP contribution in [-0.2, 0) is 0 Å². The summed E-state index contributed by atoms with van der Waals surface area (Å²) in [6.45, 7) is 5.43. The molecule has 3 N–H and O–H groups in total. The second kappa shape index (κ2) is 6.49. The number of nitrogens with zero attached hydrogens (tertiary/aromatic N) is 1. The van der Waals surface area contributed by atoms with Crippen molar-refractivity contribution in [3.8, 4) is 0 Å². The van der Waals surface area contributed by atoms with Crippen LogP contribution in [0.1, 0.15) is 29.8 Å². The first-order chi connectivity index (χ1) is 8.22. The van der Waals surface area contributed by atoms with Crippen LogP contribution in [0, 0.1) is 17.0 Å². The van der Waals surface area contributed by atoms with E-state index in [9.17, 15) is 14.9 Å². The van der Waals surface area contributed by atoms with Gasteiger partial charge in [-0.25, -0.2) is 0 Å². The van der Waals surface area contributed by atoms with Gasteiger partial charge < -0.3 is 11.1 Å². The van der Waals surface area contributed by atoms with E-state index < -0.39 is 10.5 Å². The van der Waals surface area contributed by atoms with Gasteiger partial charge in [0.2, 0.25) is 0 Å². The second-order valence-corrected chi connectivity index (χ2v) is 4.88. The number of benzene rings is 1. The van der Waals surface area contributed by atoms with Crippen molar-refractivity contribution in [2.75, 3.05) is 6.54 Å². The maximum atomic E-state index is 11.9. The summed E-state index contributed by atoms with van der Waals surface area (Å²) in [5, 5.41) is 13.4. The number of hydrogen-bond acceptors (Lipinski definition) is 4. The highest BCUT2D eigenvalue weighted by Gasteiger charge is 2.19. The molecule has 1 aromatic carbocycles. The SMILES string of the molecule is Cc1c(C(=O)NCC(C)(C)N)cccc1[N+](=O)[O-].Cl. The lowest BCUT2D eigenvalue weighted by atomic mass is 10.0. The Morgan fingerprint density at radius 2 is 2.05 bits per heavy atom. The van der Waals surface area contributed by atoms with Crippen LogP contribution in [0.25, 0.3) is 0 Å². The first-order valence-electron chi connectivity index (χ1n) is 5.53. The van der Waals surface area contributed by atoms with Crippen LogP contribution in [0.5, 0.6) is 0 Å². The molecule has 19 heavy (non-hydrogen) atoms. The van der Waals surface area contributed by atoms with E-state index in [-0.39, 0.29) is 24.0 Å². The predicted octanol–water partition coefficient (Wildman–Crippen LogP) is 1.79. The standard InChI is InChI=1S/C12H17N3O3.ClH/c1-8-9(5-4-6-10(8)15(17)18)11(16)14-7-12(2,3)13;/h4-6H,7,13H2,1-3H3,(H,14,16);1H. The average molecular weight is 288 g/mol. The number of nitro groups is 1. The third-order valence-corrected chi connectivity index (χ3v) is 2.45. The number of carbonyl (C=O) groups excluding carboxylic acids is 1. The molecule has 106 valence electrons. The Labute approximate surface area is 117 Å². The summed E-state index contributed by atoms with van der Waals surface area (Å²) in [6, 6.07) is 4.42. The Morgan fingerprint density at radius 3 is 2.53 bits per heavy atom. The molecule has 1 amide bonds. The Kier molecular flexibility index (Phi) is 5.92. The van der Waals surface area contributed by atoms with Crippen LogP contribution >= 0.6 is 12.4 Å². The molecule has 0 saturated carbocycles. The van der Waals surface area contributed by atoms with Crippen molar-refractivity contribution < 1.29 is 9.72 Å². The molecule has 6 nitrogen and oxygen atoms in total. The molecule has 0 saturated heterocycles. The lowest BCUT2D eigenvalue weighted by Crippen LogP contribution is -2.45. The molecule has 0 aromatic heterocycles. The van der Waals surface area contributed by atoms with Crippen LogP contribution in [0.4, 0.5) is 5.69 Å². The molecule has 0 aliphatic heterocycles. The predicted molar refractivity (Wildman–Crippen MR) is 75.7 cm³/mol. The summed E-state index contributed by atoms with van der Waals surface area (Å²) in [7, 11) is 0. The quantitative estimate of drug-likeness (QED) is 0.651. The van der Waals surface area contributed by atoms with Gasteiger partial charge in [0, 0.05) is 29.3 Å². The Balaban J connectivity index is 0.00000324. The summed E-state index contributed by atoms with van der Waals surface area (Å²) in [5.41, 5.74) is 5.83. The molecule has 0 atom stereocenters. The molecule has 1 rings (SSSR count). The Hall–Kier alpha value is -1.66. The first-order valence-corrected chi connectivity index (χ1v) is 5.53. The fraction of sp³-hybridized carbons (Fsp3) is 0.417. The highest BCUT2D eigenvalue weighted by Crippen LogP contribution is 2.20. The van der Waals surface area contributed by atoms with Crippen molar-refractivity contribution >= 4 is 24.0 Å². The van der Waals surface area contributed by atoms with Crippen molar-refractivity contribution in [1.29, 1.82) is 0 Å². The first kappa shape index (κ1) is 17.3. The third-order valence-electron chi connectivity index (χ3n) is 2.45. The van der Waals surface area contributed by atoms with Gasteiger partial charge in [-0.2, -0.15) is 0 Å². The van der Waals surface area contributed by atoms with Crippen molar-refractivity contribution in [2.45, 2.75) is 26.3 Å². The monoisotopic (exact) mass is 287 g/mol. The fourth-order valence-electron chi connectivity index (χ4n) is 1.47. The Bertz CT molecular complexity index is 484. The van der Waals surface area contributed by atoms with Crippen molar-refractivity contribution in [1.82, 2.24) is 5.32 Å². The number of carbonyl (C=O) groups is 1. The zero-order valence-electron chi connectivity index (χ0n) is 11.1. The molecule has 0 spiro atoms. The lowest BCUT2D eigenvalue weighted by Gasteiger charge is -2.19. The number of nitrogens with two attached hydrogens (primary N) is 1. The van der Waals surface area contributed by atoms with E-state index in [1.54, 1.807) is 26.8 Å². The van der Waals surface area contributed by atoms with Crippen molar-refractivity contribution in [2.24, 2.45) is 5.73 Å². The maximum absolute atomic E-state index is 11.9. The van der Waals surface area contributed by atoms with Gasteiger partial charge in [-0.1, -0.05) is 6.07 Å². The van der Waals surface area contributed by atoms with Crippen molar-refractivity contribution in [3.05, 3.63) is 39.4 Å². The minimum Gasteiger partial charge on any atom is -0.350 e. The van der Waals surface area contributed by atoms with Gasteiger partial charge >= 0.3 is 0 Å². The smallest absolute Gasteiger partial charge is 0.273 e. The third kappa shape index (κ3) is 4.84. The zero-order chi connectivity index (χ0) is 13.9. The minimum absolute atomic E-state index is 0. The van der Waals surface area contributed by atoms with E-state index in [2.05, 4.69) is 5.32 Å². The molecule has 7 heteroatoms. The lowest BCUT2D eigenvalue weighted by molar-refractivity contribution is -0.385. The molecule has 0 bridgehead atoms. The minimum atomic E-state index is -0.524. The molecule has 0 aliphatic carbocycles. The van der Waals surface area contributed by atoms with Gasteiger partial charge in [-0.05, 0) is 26.8 Å². The average Bonchev–Trinajstić information content (AvgIpc) is 2.24. The van der Waals surface area contributed by atoms with E-state index >= 15 is 0 Å². The van der Waals surface area contributed by atoms with Crippen LogP contribution < -0.4 is 11.1 Å². The van der Waals surface area contributed by atoms with Crippen molar-refractivity contribution in [3.63, 3.8) is 0 Å². The summed E-state index contributed by atoms with van der Waals surface area (Å²) in [6.07, 6.45) is 0. The highest BCUT2D eigenvalue weighted by molar-refractivity contribution is 5.96. The summed E-state index contributed by atoms with van der Waals surface area (Å²) in [4.78, 5) is 22.2. The van der Waals surface area contributed by atoms with Crippen LogP contribution in [0.15, 0.2) is 18.2 Å². The Morgan fingerprint density at radius 1 is 1.47 bits per heavy atom. The van der Waals surface area contributed by atoms with Gasteiger partial charge in [0.25, 0.3) is 11.6 Å². The number of nitrogens with one attached hydrogen (secondary N) is 1. The van der Waals surface area contributed by atoms with Gasteiger partial charge in [0.15, 0.2) is 0 Å². The topological polar surface area (TPSA) is 98.3 Å². The molecule has 0 aliphatic rings.